The molecular formula is C26H16F3N7O. The van der Waals surface area contributed by atoms with Gasteiger partial charge in [0.1, 0.15) is 5.82 Å². The molecule has 0 unspecified atom stereocenters. The Bertz CT molecular complexity index is 1830. The molecular weight excluding hydrogens is 483 g/mol. The summed E-state index contributed by atoms with van der Waals surface area (Å²) in [6, 6.07) is 22.4. The summed E-state index contributed by atoms with van der Waals surface area (Å²) >= 11 is 0. The van der Waals surface area contributed by atoms with Gasteiger partial charge in [-0.3, -0.25) is 9.89 Å². The number of nitrogens with one attached hydrogen (secondary N) is 2. The van der Waals surface area contributed by atoms with Gasteiger partial charge in [0.25, 0.3) is 5.56 Å². The number of nitrogens with zero attached hydrogens (tertiary/aromatic N) is 5. The van der Waals surface area contributed by atoms with Crippen LogP contribution in [0.4, 0.5) is 24.8 Å². The maximum absolute atomic E-state index is 13.7. The van der Waals surface area contributed by atoms with Crippen molar-refractivity contribution in [3.63, 3.8) is 0 Å². The summed E-state index contributed by atoms with van der Waals surface area (Å²) in [5, 5.41) is 15.1. The average molecular weight is 499 g/mol. The minimum absolute atomic E-state index is 0.0943. The molecule has 0 radical (unpaired) electrons. The molecule has 3 heterocycles. The number of aromatic amines is 1. The van der Waals surface area contributed by atoms with E-state index in [-0.39, 0.29) is 28.6 Å². The van der Waals surface area contributed by atoms with Crippen molar-refractivity contribution in [2.45, 2.75) is 6.18 Å². The van der Waals surface area contributed by atoms with Gasteiger partial charge >= 0.3 is 6.18 Å². The van der Waals surface area contributed by atoms with Crippen molar-refractivity contribution in [2.75, 3.05) is 5.32 Å². The number of alkyl halides is 3. The zero-order valence-electron chi connectivity index (χ0n) is 18.9. The molecule has 11 heteroatoms. The third-order valence-corrected chi connectivity index (χ3v) is 5.76. The third kappa shape index (κ3) is 4.05. The highest BCUT2D eigenvalue weighted by Gasteiger charge is 2.34. The number of hydrogen-bond donors (Lipinski definition) is 2. The first-order chi connectivity index (χ1) is 17.9. The van der Waals surface area contributed by atoms with Crippen molar-refractivity contribution >= 4 is 33.6 Å². The van der Waals surface area contributed by atoms with E-state index in [1.807, 2.05) is 6.07 Å². The van der Waals surface area contributed by atoms with E-state index in [1.165, 1.54) is 28.9 Å². The van der Waals surface area contributed by atoms with E-state index < -0.39 is 11.7 Å². The third-order valence-electron chi connectivity index (χ3n) is 5.76. The number of para-hydroxylation sites is 2. The fourth-order valence-electron chi connectivity index (χ4n) is 4.06. The van der Waals surface area contributed by atoms with Crippen molar-refractivity contribution in [1.82, 2.24) is 29.9 Å². The lowest BCUT2D eigenvalue weighted by molar-refractivity contribution is -0.137. The quantitative estimate of drug-likeness (QED) is 0.333. The lowest BCUT2D eigenvalue weighted by atomic mass is 10.1. The van der Waals surface area contributed by atoms with Crippen LogP contribution < -0.4 is 10.9 Å². The molecule has 0 aliphatic heterocycles. The second kappa shape index (κ2) is 8.55. The summed E-state index contributed by atoms with van der Waals surface area (Å²) in [4.78, 5) is 21.5. The van der Waals surface area contributed by atoms with Gasteiger partial charge in [0.05, 0.1) is 22.3 Å². The predicted molar refractivity (Wildman–Crippen MR) is 133 cm³/mol. The van der Waals surface area contributed by atoms with Crippen molar-refractivity contribution in [2.24, 2.45) is 0 Å². The van der Waals surface area contributed by atoms with Crippen LogP contribution in [0.25, 0.3) is 39.0 Å². The molecule has 0 amide bonds. The van der Waals surface area contributed by atoms with E-state index >= 15 is 0 Å². The number of fused-ring (bicyclic) bond motifs is 2. The van der Waals surface area contributed by atoms with Gasteiger partial charge < -0.3 is 5.32 Å². The minimum Gasteiger partial charge on any atom is -0.321 e. The average Bonchev–Trinajstić information content (AvgIpc) is 3.29. The Labute approximate surface area is 206 Å². The van der Waals surface area contributed by atoms with Gasteiger partial charge in [0.2, 0.25) is 0 Å². The van der Waals surface area contributed by atoms with Crippen LogP contribution in [0.15, 0.2) is 89.7 Å². The fraction of sp³-hybridized carbons (Fsp3) is 0.0385. The predicted octanol–water partition coefficient (Wildman–Crippen LogP) is 5.48. The van der Waals surface area contributed by atoms with Gasteiger partial charge in [-0.25, -0.2) is 9.97 Å². The maximum Gasteiger partial charge on any atom is 0.417 e. The first kappa shape index (κ1) is 22.4. The zero-order valence-corrected chi connectivity index (χ0v) is 18.9. The van der Waals surface area contributed by atoms with E-state index in [9.17, 15) is 18.0 Å². The fourth-order valence-corrected chi connectivity index (χ4v) is 4.06. The van der Waals surface area contributed by atoms with Crippen LogP contribution in [0, 0.1) is 0 Å². The summed E-state index contributed by atoms with van der Waals surface area (Å²) in [5.41, 5.74) is 0.416. The van der Waals surface area contributed by atoms with Gasteiger partial charge in [-0.05, 0) is 30.3 Å². The molecule has 0 atom stereocenters. The molecule has 182 valence electrons. The molecule has 3 aromatic carbocycles. The van der Waals surface area contributed by atoms with Crippen molar-refractivity contribution in [3.05, 3.63) is 101 Å². The van der Waals surface area contributed by atoms with Gasteiger partial charge in [0.15, 0.2) is 17.2 Å². The Kier molecular flexibility index (Phi) is 5.18. The molecule has 0 saturated heterocycles. The summed E-state index contributed by atoms with van der Waals surface area (Å²) < 4.78 is 42.4. The Morgan fingerprint density at radius 2 is 1.57 bits per heavy atom. The molecule has 3 aromatic heterocycles. The van der Waals surface area contributed by atoms with Gasteiger partial charge in [-0.2, -0.15) is 28.1 Å². The van der Waals surface area contributed by atoms with Gasteiger partial charge in [-0.15, -0.1) is 0 Å². The first-order valence-corrected chi connectivity index (χ1v) is 11.1. The van der Waals surface area contributed by atoms with Crippen LogP contribution in [0.1, 0.15) is 5.56 Å². The summed E-state index contributed by atoms with van der Waals surface area (Å²) in [5.74, 6) is 0.395. The lowest BCUT2D eigenvalue weighted by Gasteiger charge is -2.14. The molecule has 0 fully saturated rings. The minimum atomic E-state index is -4.58. The second-order valence-electron chi connectivity index (χ2n) is 8.15. The number of anilines is 2. The van der Waals surface area contributed by atoms with Crippen LogP contribution in [0.2, 0.25) is 0 Å². The molecule has 0 aliphatic rings. The number of H-pyrrole nitrogens is 1. The maximum atomic E-state index is 13.7. The van der Waals surface area contributed by atoms with E-state index in [1.54, 1.807) is 48.5 Å². The van der Waals surface area contributed by atoms with Crippen LogP contribution >= 0.6 is 0 Å². The highest BCUT2D eigenvalue weighted by molar-refractivity contribution is 5.95. The highest BCUT2D eigenvalue weighted by atomic mass is 19.4. The second-order valence-corrected chi connectivity index (χ2v) is 8.15. The smallest absolute Gasteiger partial charge is 0.321 e. The van der Waals surface area contributed by atoms with Crippen molar-refractivity contribution in [3.8, 4) is 17.1 Å². The lowest BCUT2D eigenvalue weighted by Crippen LogP contribution is -2.19. The number of benzene rings is 3. The Balaban J connectivity index is 1.51. The van der Waals surface area contributed by atoms with Gasteiger partial charge in [0, 0.05) is 17.0 Å². The van der Waals surface area contributed by atoms with E-state index in [4.69, 9.17) is 0 Å². The highest BCUT2D eigenvalue weighted by Crippen LogP contribution is 2.37. The largest absolute Gasteiger partial charge is 0.417 e. The monoisotopic (exact) mass is 499 g/mol. The Morgan fingerprint density at radius 3 is 2.38 bits per heavy atom. The van der Waals surface area contributed by atoms with Crippen molar-refractivity contribution in [1.29, 1.82) is 0 Å². The SMILES string of the molecule is O=c1cc2[nH]nc(Nc3nc(-c4ccccc4C(F)(F)F)nc4ccccc34)c2nn1-c1ccccc1. The van der Waals surface area contributed by atoms with Crippen LogP contribution in [0.5, 0.6) is 0 Å². The standard InChI is InChI=1S/C26H16F3N7O/c27-26(28,29)18-12-6-4-10-16(18)23-30-19-13-7-5-11-17(19)24(31-23)32-25-22-20(33-34-25)14-21(37)36(35-22)15-8-2-1-3-9-15/h1-14,33H,(H,30,31,32,34). The van der Waals surface area contributed by atoms with Crippen LogP contribution in [0.3, 0.4) is 0 Å². The van der Waals surface area contributed by atoms with Crippen molar-refractivity contribution < 1.29 is 13.2 Å². The molecule has 0 saturated carbocycles. The number of halogens is 3. The molecule has 6 rings (SSSR count). The number of aromatic nitrogens is 6. The molecule has 37 heavy (non-hydrogen) atoms. The van der Waals surface area contributed by atoms with E-state index in [0.29, 0.717) is 27.6 Å². The number of hydrogen-bond acceptors (Lipinski definition) is 6. The van der Waals surface area contributed by atoms with Crippen LogP contribution in [-0.2, 0) is 6.18 Å². The number of rotatable bonds is 4. The summed E-state index contributed by atoms with van der Waals surface area (Å²) in [6.45, 7) is 0. The van der Waals surface area contributed by atoms with Gasteiger partial charge in [-0.1, -0.05) is 48.5 Å². The Hall–Kier alpha value is -5.06. The molecule has 0 aliphatic carbocycles. The molecule has 0 bridgehead atoms. The van der Waals surface area contributed by atoms with E-state index in [0.717, 1.165) is 6.07 Å². The summed E-state index contributed by atoms with van der Waals surface area (Å²) in [7, 11) is 0. The molecule has 0 spiro atoms. The first-order valence-electron chi connectivity index (χ1n) is 11.1. The Morgan fingerprint density at radius 1 is 0.838 bits per heavy atom. The molecule has 6 aromatic rings. The molecule has 2 N–H and O–H groups in total. The zero-order chi connectivity index (χ0) is 25.6. The topological polar surface area (TPSA) is 101 Å². The summed E-state index contributed by atoms with van der Waals surface area (Å²) in [6.07, 6.45) is -4.58. The van der Waals surface area contributed by atoms with E-state index in [2.05, 4.69) is 30.6 Å². The van der Waals surface area contributed by atoms with Crippen LogP contribution in [-0.4, -0.2) is 29.9 Å². The normalized spacial score (nSPS) is 11.8. The molecule has 8 nitrogen and oxygen atoms in total.